The highest BCUT2D eigenvalue weighted by Gasteiger charge is 2.49. The average Bonchev–Trinajstić information content (AvgIpc) is 3.65. The fraction of sp³-hybridized carbons (Fsp3) is 0.500. The van der Waals surface area contributed by atoms with Gasteiger partial charge in [0, 0.05) is 34.8 Å². The second-order valence-corrected chi connectivity index (χ2v) is 12.7. The van der Waals surface area contributed by atoms with E-state index in [1.807, 2.05) is 19.2 Å². The van der Waals surface area contributed by atoms with Gasteiger partial charge in [-0.2, -0.15) is 0 Å². The summed E-state index contributed by atoms with van der Waals surface area (Å²) in [6.45, 7) is 0.923. The maximum absolute atomic E-state index is 14.2. The number of carbonyl (C=O) groups excluding carboxylic acids is 2. The molecule has 2 aliphatic carbocycles. The van der Waals surface area contributed by atoms with Crippen LogP contribution in [0.3, 0.4) is 0 Å². The number of carbonyl (C=O) groups is 3. The van der Waals surface area contributed by atoms with Crippen LogP contribution in [0.2, 0.25) is 0 Å². The van der Waals surface area contributed by atoms with E-state index >= 15 is 0 Å². The molecule has 0 bridgehead atoms. The van der Waals surface area contributed by atoms with E-state index < -0.39 is 17.9 Å². The molecule has 2 heterocycles. The van der Waals surface area contributed by atoms with Crippen molar-refractivity contribution in [2.45, 2.75) is 89.1 Å². The molecule has 6 rings (SSSR count). The summed E-state index contributed by atoms with van der Waals surface area (Å²) < 4.78 is 15.9. The quantitative estimate of drug-likeness (QED) is 0.193. The van der Waals surface area contributed by atoms with Gasteiger partial charge in [-0.1, -0.05) is 31.7 Å². The highest BCUT2D eigenvalue weighted by molar-refractivity contribution is 6.06. The fourth-order valence-electron chi connectivity index (χ4n) is 6.73. The predicted molar refractivity (Wildman–Crippen MR) is 170 cm³/mol. The van der Waals surface area contributed by atoms with Crippen molar-refractivity contribution in [3.05, 3.63) is 53.5 Å². The van der Waals surface area contributed by atoms with Crippen LogP contribution in [-0.2, 0) is 11.2 Å². The van der Waals surface area contributed by atoms with E-state index in [0.717, 1.165) is 79.4 Å². The standard InChI is InChI=1S/C27H28FN3O2.C7H16N2O2/c28-17-7-9-20-22(13-17)31-23(14-27(10-11-27)15-24(31)32)25(20)16-6-8-19(26(29)33)21(12-16)30-18-4-2-1-3-5-18;1-9-5-3-2-4-6(8)7(10)11/h6-9,12-13,18,30H,1-5,10-11,14-15H2,(H2,29,33);6,9H,2-5,8H2,1H3,(H,10,11). The van der Waals surface area contributed by atoms with Crippen LogP contribution in [0.1, 0.15) is 91.5 Å². The Hall–Kier alpha value is -3.76. The molecule has 1 spiro atoms. The first-order chi connectivity index (χ1) is 21.1. The molecule has 1 amide bonds. The van der Waals surface area contributed by atoms with Gasteiger partial charge in [-0.25, -0.2) is 4.39 Å². The molecule has 0 radical (unpaired) electrons. The van der Waals surface area contributed by atoms with Crippen molar-refractivity contribution in [3.63, 3.8) is 0 Å². The first kappa shape index (κ1) is 31.7. The fourth-order valence-corrected chi connectivity index (χ4v) is 6.73. The second kappa shape index (κ2) is 13.5. The van der Waals surface area contributed by atoms with Crippen LogP contribution in [0.25, 0.3) is 22.0 Å². The molecule has 1 aromatic heterocycles. The molecule has 3 aromatic rings. The van der Waals surface area contributed by atoms with Gasteiger partial charge in [-0.3, -0.25) is 19.0 Å². The maximum atomic E-state index is 14.2. The Balaban J connectivity index is 0.000000301. The first-order valence-corrected chi connectivity index (χ1v) is 15.8. The van der Waals surface area contributed by atoms with Gasteiger partial charge in [0.2, 0.25) is 5.91 Å². The van der Waals surface area contributed by atoms with Gasteiger partial charge < -0.3 is 27.2 Å². The number of carboxylic acids is 1. The molecule has 7 N–H and O–H groups in total. The number of benzene rings is 2. The first-order valence-electron chi connectivity index (χ1n) is 15.8. The minimum absolute atomic E-state index is 0.0462. The molecule has 1 atom stereocenters. The number of nitrogens with two attached hydrogens (primary N) is 2. The summed E-state index contributed by atoms with van der Waals surface area (Å²) in [5.74, 6) is -1.67. The van der Waals surface area contributed by atoms with Crippen LogP contribution >= 0.6 is 0 Å². The molecule has 10 heteroatoms. The van der Waals surface area contributed by atoms with Gasteiger partial charge in [0.05, 0.1) is 11.1 Å². The normalized spacial score (nSPS) is 17.9. The Morgan fingerprint density at radius 1 is 1.09 bits per heavy atom. The van der Waals surface area contributed by atoms with Gasteiger partial charge in [-0.15, -0.1) is 0 Å². The summed E-state index contributed by atoms with van der Waals surface area (Å²) in [6.07, 6.45) is 11.6. The minimum atomic E-state index is -0.908. The predicted octanol–water partition coefficient (Wildman–Crippen LogP) is 5.45. The molecule has 2 saturated carbocycles. The number of nitrogens with one attached hydrogen (secondary N) is 2. The van der Waals surface area contributed by atoms with Crippen molar-refractivity contribution < 1.29 is 23.9 Å². The Labute approximate surface area is 257 Å². The summed E-state index contributed by atoms with van der Waals surface area (Å²) in [4.78, 5) is 35.5. The largest absolute Gasteiger partial charge is 0.480 e. The van der Waals surface area contributed by atoms with Crippen molar-refractivity contribution in [1.29, 1.82) is 0 Å². The SMILES string of the molecule is CNCCCCC(N)C(=O)O.NC(=O)c1ccc(-c2c3n(c4cc(F)ccc24)C(=O)CC2(CC2)C3)cc1NC1CCCCC1. The van der Waals surface area contributed by atoms with E-state index in [4.69, 9.17) is 16.6 Å². The Morgan fingerprint density at radius 3 is 2.50 bits per heavy atom. The average molecular weight is 606 g/mol. The number of amides is 1. The van der Waals surface area contributed by atoms with Gasteiger partial charge in [-0.05, 0) is 99.8 Å². The van der Waals surface area contributed by atoms with Crippen LogP contribution in [0.15, 0.2) is 36.4 Å². The number of anilines is 1. The zero-order chi connectivity index (χ0) is 31.4. The topological polar surface area (TPSA) is 152 Å². The van der Waals surface area contributed by atoms with E-state index in [9.17, 15) is 18.8 Å². The Morgan fingerprint density at radius 2 is 1.84 bits per heavy atom. The third kappa shape index (κ3) is 6.97. The zero-order valence-corrected chi connectivity index (χ0v) is 25.5. The lowest BCUT2D eigenvalue weighted by atomic mass is 9.88. The Bertz CT molecular complexity index is 1540. The number of unbranched alkanes of at least 4 members (excludes halogenated alkanes) is 1. The lowest BCUT2D eigenvalue weighted by Gasteiger charge is -2.26. The molecule has 2 aromatic carbocycles. The summed E-state index contributed by atoms with van der Waals surface area (Å²) in [7, 11) is 1.87. The van der Waals surface area contributed by atoms with E-state index in [1.165, 1.54) is 31.4 Å². The maximum Gasteiger partial charge on any atom is 0.320 e. The minimum Gasteiger partial charge on any atom is -0.480 e. The zero-order valence-electron chi connectivity index (χ0n) is 25.5. The third-order valence-electron chi connectivity index (χ3n) is 9.35. The lowest BCUT2D eigenvalue weighted by Crippen LogP contribution is -2.29. The van der Waals surface area contributed by atoms with Gasteiger partial charge >= 0.3 is 5.97 Å². The van der Waals surface area contributed by atoms with Crippen molar-refractivity contribution in [2.75, 3.05) is 18.9 Å². The number of rotatable bonds is 10. The van der Waals surface area contributed by atoms with Crippen LogP contribution in [0.5, 0.6) is 0 Å². The number of aromatic nitrogens is 1. The monoisotopic (exact) mass is 605 g/mol. The van der Waals surface area contributed by atoms with E-state index in [2.05, 4.69) is 10.6 Å². The number of aliphatic carboxylic acids is 1. The van der Waals surface area contributed by atoms with Crippen LogP contribution in [0, 0.1) is 11.2 Å². The third-order valence-corrected chi connectivity index (χ3v) is 9.35. The van der Waals surface area contributed by atoms with Crippen LogP contribution in [-0.4, -0.2) is 53.1 Å². The smallest absolute Gasteiger partial charge is 0.320 e. The van der Waals surface area contributed by atoms with Crippen LogP contribution in [0.4, 0.5) is 10.1 Å². The number of hydrogen-bond acceptors (Lipinski definition) is 6. The lowest BCUT2D eigenvalue weighted by molar-refractivity contribution is -0.138. The van der Waals surface area contributed by atoms with E-state index in [-0.39, 0.29) is 17.1 Å². The van der Waals surface area contributed by atoms with Gasteiger partial charge in [0.1, 0.15) is 11.9 Å². The number of primary amides is 1. The summed E-state index contributed by atoms with van der Waals surface area (Å²) in [5, 5.41) is 15.8. The molecular weight excluding hydrogens is 561 g/mol. The highest BCUT2D eigenvalue weighted by atomic mass is 19.1. The van der Waals surface area contributed by atoms with E-state index in [0.29, 0.717) is 30.0 Å². The number of fused-ring (bicyclic) bond motifs is 3. The van der Waals surface area contributed by atoms with E-state index in [1.54, 1.807) is 16.7 Å². The molecule has 2 fully saturated rings. The van der Waals surface area contributed by atoms with Crippen LogP contribution < -0.4 is 22.1 Å². The summed E-state index contributed by atoms with van der Waals surface area (Å²) >= 11 is 0. The van der Waals surface area contributed by atoms with Crippen molar-refractivity contribution in [2.24, 2.45) is 16.9 Å². The molecule has 9 nitrogen and oxygen atoms in total. The summed E-state index contributed by atoms with van der Waals surface area (Å²) in [6, 6.07) is 9.99. The molecule has 1 unspecified atom stereocenters. The second-order valence-electron chi connectivity index (χ2n) is 12.7. The summed E-state index contributed by atoms with van der Waals surface area (Å²) in [5.41, 5.74) is 15.7. The number of nitrogens with zero attached hydrogens (tertiary/aromatic N) is 1. The molecule has 0 saturated heterocycles. The molecule has 44 heavy (non-hydrogen) atoms. The van der Waals surface area contributed by atoms with Crippen molar-refractivity contribution >= 4 is 34.4 Å². The molecule has 236 valence electrons. The highest BCUT2D eigenvalue weighted by Crippen LogP contribution is 2.56. The van der Waals surface area contributed by atoms with Gasteiger partial charge in [0.25, 0.3) is 5.91 Å². The number of carboxylic acid groups (broad SMARTS) is 1. The van der Waals surface area contributed by atoms with Crippen molar-refractivity contribution in [3.8, 4) is 11.1 Å². The molecule has 3 aliphatic rings. The van der Waals surface area contributed by atoms with Crippen molar-refractivity contribution in [1.82, 2.24) is 9.88 Å². The molecule has 1 aliphatic heterocycles. The number of halogens is 1. The van der Waals surface area contributed by atoms with Gasteiger partial charge in [0.15, 0.2) is 0 Å². The number of hydrogen-bond donors (Lipinski definition) is 5. The molecular formula is C34H44FN5O4. The Kier molecular flexibility index (Phi) is 9.70.